The molecule has 0 spiro atoms. The van der Waals surface area contributed by atoms with E-state index in [1.165, 1.54) is 103 Å². The van der Waals surface area contributed by atoms with Crippen molar-refractivity contribution in [2.75, 3.05) is 6.61 Å². The maximum atomic E-state index is 11.2. The number of alkyl halides is 2. The van der Waals surface area contributed by atoms with E-state index in [0.29, 0.717) is 12.2 Å². The molecule has 0 heterocycles. The fourth-order valence-electron chi connectivity index (χ4n) is 3.52. The Balaban J connectivity index is 3.07. The minimum atomic E-state index is -0.252. The number of hydrogen-bond acceptors (Lipinski definition) is 2. The van der Waals surface area contributed by atoms with Crippen molar-refractivity contribution in [3.63, 3.8) is 0 Å². The number of carbonyl (C=O) groups excluding carboxylic acids is 1. The zero-order valence-corrected chi connectivity index (χ0v) is 24.7. The summed E-state index contributed by atoms with van der Waals surface area (Å²) in [6.45, 7) is 5.83. The number of hydrogen-bond donors (Lipinski definition) is 0. The van der Waals surface area contributed by atoms with Crippen LogP contribution >= 0.6 is 45.2 Å². The molecule has 0 aromatic heterocycles. The second kappa shape index (κ2) is 23.5. The molecule has 0 saturated heterocycles. The van der Waals surface area contributed by atoms with E-state index in [4.69, 9.17) is 4.74 Å². The molecule has 0 amide bonds. The molecular formula is C24H46I2O2Si. The lowest BCUT2D eigenvalue weighted by Crippen LogP contribution is -2.05. The van der Waals surface area contributed by atoms with E-state index in [9.17, 15) is 4.79 Å². The van der Waals surface area contributed by atoms with E-state index in [-0.39, 0.29) is 15.5 Å². The molecular weight excluding hydrogens is 602 g/mol. The minimum absolute atomic E-state index is 0.229. The number of unbranched alkanes of at least 4 members (excludes halogenated alkanes) is 16. The summed E-state index contributed by atoms with van der Waals surface area (Å²) < 4.78 is 6.07. The summed E-state index contributed by atoms with van der Waals surface area (Å²) in [5.74, 6) is -0.252. The number of rotatable bonds is 22. The van der Waals surface area contributed by atoms with E-state index in [2.05, 4.69) is 51.8 Å². The highest BCUT2D eigenvalue weighted by molar-refractivity contribution is 14.2. The molecule has 0 bridgehead atoms. The molecule has 172 valence electrons. The maximum Gasteiger partial charge on any atom is 0.333 e. The van der Waals surface area contributed by atoms with Crippen LogP contribution in [0, 0.1) is 0 Å². The van der Waals surface area contributed by atoms with Crippen LogP contribution in [0.5, 0.6) is 0 Å². The summed E-state index contributed by atoms with van der Waals surface area (Å²) >= 11 is 5.17. The first-order valence-corrected chi connectivity index (χ1v) is 16.5. The third-order valence-corrected chi connectivity index (χ3v) is 10.5. The summed E-state index contributed by atoms with van der Waals surface area (Å²) in [5, 5.41) is 0. The number of ether oxygens (including phenoxy) is 1. The molecule has 0 radical (unpaired) electrons. The molecule has 0 atom stereocenters. The van der Waals surface area contributed by atoms with Gasteiger partial charge in [0.1, 0.15) is 0 Å². The van der Waals surface area contributed by atoms with E-state index in [1.54, 1.807) is 13.0 Å². The van der Waals surface area contributed by atoms with Crippen LogP contribution in [0.1, 0.15) is 116 Å². The summed E-state index contributed by atoms with van der Waals surface area (Å²) in [5.41, 5.74) is 0.494. The molecule has 0 N–H and O–H groups in total. The van der Waals surface area contributed by atoms with E-state index < -0.39 is 0 Å². The molecule has 0 aliphatic carbocycles. The van der Waals surface area contributed by atoms with Crippen LogP contribution in [-0.4, -0.2) is 23.7 Å². The fourth-order valence-corrected chi connectivity index (χ4v) is 7.11. The Morgan fingerprint density at radius 2 is 1.07 bits per heavy atom. The Hall–Kier alpha value is 0.887. The molecule has 0 aromatic rings. The second-order valence-electron chi connectivity index (χ2n) is 8.46. The topological polar surface area (TPSA) is 26.3 Å². The van der Waals surface area contributed by atoms with E-state index >= 15 is 0 Å². The van der Waals surface area contributed by atoms with Crippen LogP contribution in [0.15, 0.2) is 12.2 Å². The first-order chi connectivity index (χ1) is 14.0. The Morgan fingerprint density at radius 1 is 0.724 bits per heavy atom. The Morgan fingerprint density at radius 3 is 1.41 bits per heavy atom. The minimum Gasteiger partial charge on any atom is -0.462 e. The molecule has 0 fully saturated rings. The van der Waals surface area contributed by atoms with Crippen LogP contribution in [0.4, 0.5) is 0 Å². The highest BCUT2D eigenvalue weighted by Gasteiger charge is 2.02. The average Bonchev–Trinajstić information content (AvgIpc) is 2.68. The second-order valence-corrected chi connectivity index (χ2v) is 19.3. The van der Waals surface area contributed by atoms with Crippen LogP contribution in [0.3, 0.4) is 0 Å². The van der Waals surface area contributed by atoms with Crippen LogP contribution < -0.4 is 0 Å². The predicted molar refractivity (Wildman–Crippen MR) is 149 cm³/mol. The van der Waals surface area contributed by atoms with Gasteiger partial charge in [0.05, 0.1) is 6.61 Å². The Kier molecular flexibility index (Phi) is 24.3. The smallest absolute Gasteiger partial charge is 0.333 e. The summed E-state index contributed by atoms with van der Waals surface area (Å²) in [4.78, 5) is 11.2. The van der Waals surface area contributed by atoms with Gasteiger partial charge in [-0.05, 0) is 13.3 Å². The largest absolute Gasteiger partial charge is 0.462 e. The molecule has 5 heteroatoms. The van der Waals surface area contributed by atoms with Gasteiger partial charge in [0.2, 0.25) is 0 Å². The van der Waals surface area contributed by atoms with Crippen LogP contribution in [0.2, 0.25) is 6.04 Å². The molecule has 0 aliphatic heterocycles. The summed E-state index contributed by atoms with van der Waals surface area (Å²) in [6.07, 6.45) is 23.5. The van der Waals surface area contributed by atoms with Crippen molar-refractivity contribution >= 4 is 60.7 Å². The quantitative estimate of drug-likeness (QED) is 0.0294. The lowest BCUT2D eigenvalue weighted by atomic mass is 10.0. The van der Waals surface area contributed by atoms with Crippen LogP contribution in [0.25, 0.3) is 0 Å². The highest BCUT2D eigenvalue weighted by Crippen LogP contribution is 2.15. The predicted octanol–water partition coefficient (Wildman–Crippen LogP) is 8.48. The van der Waals surface area contributed by atoms with Gasteiger partial charge in [0.15, 0.2) is 0 Å². The Bertz CT molecular complexity index is 389. The van der Waals surface area contributed by atoms with Crippen molar-refractivity contribution in [3.05, 3.63) is 12.2 Å². The molecule has 0 rings (SSSR count). The fraction of sp³-hybridized carbons (Fsp3) is 0.875. The zero-order valence-electron chi connectivity index (χ0n) is 19.0. The Labute approximate surface area is 211 Å². The SMILES string of the molecule is C=C(C)C(=O)OCCCCCCCCCCCCCCCCCCC[SiH2]C(I)I. The number of halogens is 2. The van der Waals surface area contributed by atoms with Gasteiger partial charge >= 0.3 is 5.97 Å². The summed E-state index contributed by atoms with van der Waals surface area (Å²) in [7, 11) is 0.229. The standard InChI is InChI=1S/C24H46I2O2Si/c1-22(2)23(27)28-20-18-16-14-12-10-8-6-4-3-5-7-9-11-13-15-17-19-21-29-24(25)26/h24H,1,3-21,29H2,2H3. The number of esters is 1. The normalized spacial score (nSPS) is 11.6. The third-order valence-electron chi connectivity index (χ3n) is 5.40. The highest BCUT2D eigenvalue weighted by atomic mass is 127. The number of carbonyl (C=O) groups is 1. The van der Waals surface area contributed by atoms with Crippen molar-refractivity contribution in [2.45, 2.75) is 124 Å². The van der Waals surface area contributed by atoms with Crippen LogP contribution in [-0.2, 0) is 9.53 Å². The van der Waals surface area contributed by atoms with Gasteiger partial charge in [0.25, 0.3) is 0 Å². The van der Waals surface area contributed by atoms with Gasteiger partial charge in [0, 0.05) is 16.6 Å². The molecule has 29 heavy (non-hydrogen) atoms. The van der Waals surface area contributed by atoms with Crippen molar-refractivity contribution < 1.29 is 9.53 Å². The van der Waals surface area contributed by atoms with Gasteiger partial charge in [-0.2, -0.15) is 0 Å². The van der Waals surface area contributed by atoms with E-state index in [0.717, 1.165) is 7.98 Å². The van der Waals surface area contributed by atoms with E-state index in [1.807, 2.05) is 0 Å². The lowest BCUT2D eigenvalue weighted by molar-refractivity contribution is -0.139. The first kappa shape index (κ1) is 29.9. The maximum absolute atomic E-state index is 11.2. The van der Waals surface area contributed by atoms with Gasteiger partial charge < -0.3 is 4.74 Å². The molecule has 2 nitrogen and oxygen atoms in total. The van der Waals surface area contributed by atoms with Gasteiger partial charge in [-0.25, -0.2) is 4.79 Å². The first-order valence-electron chi connectivity index (χ1n) is 12.1. The van der Waals surface area contributed by atoms with Crippen molar-refractivity contribution in [2.24, 2.45) is 0 Å². The van der Waals surface area contributed by atoms with Gasteiger partial charge in [-0.15, -0.1) is 0 Å². The van der Waals surface area contributed by atoms with Crippen molar-refractivity contribution in [1.82, 2.24) is 0 Å². The lowest BCUT2D eigenvalue weighted by Gasteiger charge is -2.05. The molecule has 0 unspecified atom stereocenters. The average molecular weight is 649 g/mol. The summed E-state index contributed by atoms with van der Waals surface area (Å²) in [6, 6.07) is 1.56. The monoisotopic (exact) mass is 648 g/mol. The van der Waals surface area contributed by atoms with Crippen molar-refractivity contribution in [3.8, 4) is 0 Å². The van der Waals surface area contributed by atoms with Gasteiger partial charge in [-0.1, -0.05) is 161 Å². The molecule has 0 aliphatic rings. The van der Waals surface area contributed by atoms with Crippen molar-refractivity contribution in [1.29, 1.82) is 0 Å². The third kappa shape index (κ3) is 25.0. The molecule has 0 aromatic carbocycles. The van der Waals surface area contributed by atoms with Gasteiger partial charge in [-0.3, -0.25) is 0 Å². The molecule has 0 saturated carbocycles. The zero-order chi connectivity index (χ0) is 21.6.